The highest BCUT2D eigenvalue weighted by Crippen LogP contribution is 2.31. The molecule has 0 bridgehead atoms. The van der Waals surface area contributed by atoms with Crippen LogP contribution in [0.1, 0.15) is 50.9 Å². The van der Waals surface area contributed by atoms with Gasteiger partial charge in [0.1, 0.15) is 11.7 Å². The summed E-state index contributed by atoms with van der Waals surface area (Å²) in [7, 11) is 0. The summed E-state index contributed by atoms with van der Waals surface area (Å²) in [5.74, 6) is -0.564. The highest BCUT2D eigenvalue weighted by atomic mass is 16.4. The number of hydrogen-bond acceptors (Lipinski definition) is 2. The summed E-state index contributed by atoms with van der Waals surface area (Å²) in [5, 5.41) is 9.34. The number of carboxylic acids is 1. The van der Waals surface area contributed by atoms with Gasteiger partial charge in [0.25, 0.3) is 0 Å². The molecule has 0 spiro atoms. The molecule has 22 heavy (non-hydrogen) atoms. The standard InChI is InChI=1S/C18H22N2O2/c1-18(2,3)13-8-6-12(7-9-13)15-11-20-10-4-5-14(17(21)22)16(20)19-15/h6-9,11,14H,4-5,10H2,1-3H3,(H,21,22). The Balaban J connectivity index is 1.95. The number of benzene rings is 1. The molecule has 0 amide bonds. The lowest BCUT2D eigenvalue weighted by atomic mass is 9.86. The quantitative estimate of drug-likeness (QED) is 0.917. The Morgan fingerprint density at radius 2 is 1.95 bits per heavy atom. The largest absolute Gasteiger partial charge is 0.481 e. The van der Waals surface area contributed by atoms with Gasteiger partial charge in [-0.25, -0.2) is 4.98 Å². The molecule has 4 nitrogen and oxygen atoms in total. The Labute approximate surface area is 130 Å². The number of imidazole rings is 1. The Morgan fingerprint density at radius 1 is 1.27 bits per heavy atom. The minimum Gasteiger partial charge on any atom is -0.481 e. The molecule has 0 saturated heterocycles. The highest BCUT2D eigenvalue weighted by molar-refractivity contribution is 5.75. The average molecular weight is 298 g/mol. The van der Waals surface area contributed by atoms with Gasteiger partial charge in [0.15, 0.2) is 0 Å². The van der Waals surface area contributed by atoms with Crippen LogP contribution in [0.5, 0.6) is 0 Å². The molecule has 0 saturated carbocycles. The van der Waals surface area contributed by atoms with Crippen molar-refractivity contribution in [3.63, 3.8) is 0 Å². The zero-order valence-corrected chi connectivity index (χ0v) is 13.3. The number of aryl methyl sites for hydroxylation is 1. The third kappa shape index (κ3) is 2.65. The van der Waals surface area contributed by atoms with Gasteiger partial charge in [0.2, 0.25) is 0 Å². The molecule has 1 atom stereocenters. The van der Waals surface area contributed by atoms with Gasteiger partial charge in [-0.05, 0) is 23.8 Å². The normalized spacial score (nSPS) is 18.0. The van der Waals surface area contributed by atoms with E-state index in [0.29, 0.717) is 12.2 Å². The number of carboxylic acid groups (broad SMARTS) is 1. The minimum absolute atomic E-state index is 0.125. The first kappa shape index (κ1) is 14.8. The molecule has 1 unspecified atom stereocenters. The van der Waals surface area contributed by atoms with Crippen LogP contribution in [0.25, 0.3) is 11.3 Å². The van der Waals surface area contributed by atoms with E-state index in [1.807, 2.05) is 10.8 Å². The van der Waals surface area contributed by atoms with E-state index >= 15 is 0 Å². The Kier molecular flexibility index (Phi) is 3.55. The smallest absolute Gasteiger partial charge is 0.314 e. The van der Waals surface area contributed by atoms with E-state index < -0.39 is 11.9 Å². The van der Waals surface area contributed by atoms with Crippen molar-refractivity contribution in [2.75, 3.05) is 0 Å². The van der Waals surface area contributed by atoms with Gasteiger partial charge < -0.3 is 9.67 Å². The van der Waals surface area contributed by atoms with E-state index in [-0.39, 0.29) is 5.41 Å². The summed E-state index contributed by atoms with van der Waals surface area (Å²) in [6, 6.07) is 8.40. The maximum Gasteiger partial charge on any atom is 0.314 e. The third-order valence-corrected chi connectivity index (χ3v) is 4.36. The zero-order valence-electron chi connectivity index (χ0n) is 13.3. The van der Waals surface area contributed by atoms with Crippen molar-refractivity contribution in [2.24, 2.45) is 0 Å². The van der Waals surface area contributed by atoms with Crippen molar-refractivity contribution in [2.45, 2.75) is 51.5 Å². The van der Waals surface area contributed by atoms with Crippen LogP contribution >= 0.6 is 0 Å². The summed E-state index contributed by atoms with van der Waals surface area (Å²) < 4.78 is 2.00. The highest BCUT2D eigenvalue weighted by Gasteiger charge is 2.29. The SMILES string of the molecule is CC(C)(C)c1ccc(-c2cn3c(n2)C(C(=O)O)CCC3)cc1. The van der Waals surface area contributed by atoms with Crippen LogP contribution in [0.2, 0.25) is 0 Å². The van der Waals surface area contributed by atoms with Gasteiger partial charge in [-0.3, -0.25) is 4.79 Å². The van der Waals surface area contributed by atoms with Crippen molar-refractivity contribution in [1.29, 1.82) is 0 Å². The number of aromatic nitrogens is 2. The lowest BCUT2D eigenvalue weighted by molar-refractivity contribution is -0.139. The van der Waals surface area contributed by atoms with Gasteiger partial charge in [0.05, 0.1) is 5.69 Å². The monoisotopic (exact) mass is 298 g/mol. The number of hydrogen-bond donors (Lipinski definition) is 1. The van der Waals surface area contributed by atoms with Crippen molar-refractivity contribution in [3.05, 3.63) is 41.9 Å². The lowest BCUT2D eigenvalue weighted by Crippen LogP contribution is -2.21. The van der Waals surface area contributed by atoms with Gasteiger partial charge in [-0.15, -0.1) is 0 Å². The van der Waals surface area contributed by atoms with Crippen molar-refractivity contribution in [3.8, 4) is 11.3 Å². The first-order valence-electron chi connectivity index (χ1n) is 7.77. The molecule has 0 radical (unpaired) electrons. The van der Waals surface area contributed by atoms with E-state index in [9.17, 15) is 9.90 Å². The van der Waals surface area contributed by atoms with E-state index in [2.05, 4.69) is 50.0 Å². The summed E-state index contributed by atoms with van der Waals surface area (Å²) in [5.41, 5.74) is 3.31. The van der Waals surface area contributed by atoms with Crippen LogP contribution in [-0.2, 0) is 16.8 Å². The van der Waals surface area contributed by atoms with Gasteiger partial charge in [-0.1, -0.05) is 45.0 Å². The first-order valence-corrected chi connectivity index (χ1v) is 7.77. The number of carbonyl (C=O) groups is 1. The number of fused-ring (bicyclic) bond motifs is 1. The van der Waals surface area contributed by atoms with Crippen LogP contribution in [0.3, 0.4) is 0 Å². The second-order valence-corrected chi connectivity index (χ2v) is 7.04. The number of aliphatic carboxylic acids is 1. The number of nitrogens with zero attached hydrogens (tertiary/aromatic N) is 2. The second-order valence-electron chi connectivity index (χ2n) is 7.04. The maximum absolute atomic E-state index is 11.4. The van der Waals surface area contributed by atoms with Gasteiger partial charge in [0, 0.05) is 18.3 Å². The second kappa shape index (κ2) is 5.27. The summed E-state index contributed by atoms with van der Waals surface area (Å²) >= 11 is 0. The first-order chi connectivity index (χ1) is 10.4. The molecule has 4 heteroatoms. The van der Waals surface area contributed by atoms with E-state index in [0.717, 1.165) is 24.2 Å². The molecule has 1 aliphatic heterocycles. The third-order valence-electron chi connectivity index (χ3n) is 4.36. The zero-order chi connectivity index (χ0) is 15.9. The number of rotatable bonds is 2. The van der Waals surface area contributed by atoms with E-state index in [1.54, 1.807) is 0 Å². The summed E-state index contributed by atoms with van der Waals surface area (Å²) in [4.78, 5) is 16.0. The molecule has 2 aromatic rings. The van der Waals surface area contributed by atoms with Crippen molar-refractivity contribution in [1.82, 2.24) is 9.55 Å². The molecule has 3 rings (SSSR count). The van der Waals surface area contributed by atoms with E-state index in [1.165, 1.54) is 5.56 Å². The molecule has 1 aromatic heterocycles. The predicted molar refractivity (Wildman–Crippen MR) is 86.0 cm³/mol. The van der Waals surface area contributed by atoms with Gasteiger partial charge >= 0.3 is 5.97 Å². The van der Waals surface area contributed by atoms with Crippen molar-refractivity contribution >= 4 is 5.97 Å². The molecule has 1 aromatic carbocycles. The maximum atomic E-state index is 11.4. The minimum atomic E-state index is -0.777. The van der Waals surface area contributed by atoms with E-state index in [4.69, 9.17) is 0 Å². The predicted octanol–water partition coefficient (Wildman–Crippen LogP) is 3.81. The van der Waals surface area contributed by atoms with Crippen LogP contribution in [-0.4, -0.2) is 20.6 Å². The molecule has 116 valence electrons. The molecule has 0 fully saturated rings. The topological polar surface area (TPSA) is 55.1 Å². The molecule has 0 aliphatic carbocycles. The fourth-order valence-electron chi connectivity index (χ4n) is 3.00. The van der Waals surface area contributed by atoms with Crippen LogP contribution in [0.15, 0.2) is 30.5 Å². The molecular formula is C18H22N2O2. The average Bonchev–Trinajstić information content (AvgIpc) is 2.90. The van der Waals surface area contributed by atoms with Crippen molar-refractivity contribution < 1.29 is 9.90 Å². The molecule has 1 N–H and O–H groups in total. The Hall–Kier alpha value is -2.10. The molecular weight excluding hydrogens is 276 g/mol. The fourth-order valence-corrected chi connectivity index (χ4v) is 3.00. The molecule has 2 heterocycles. The van der Waals surface area contributed by atoms with Gasteiger partial charge in [-0.2, -0.15) is 0 Å². The van der Waals surface area contributed by atoms with Crippen LogP contribution in [0, 0.1) is 0 Å². The van der Waals surface area contributed by atoms with Crippen LogP contribution < -0.4 is 0 Å². The fraction of sp³-hybridized carbons (Fsp3) is 0.444. The Morgan fingerprint density at radius 3 is 2.55 bits per heavy atom. The molecule has 1 aliphatic rings. The summed E-state index contributed by atoms with van der Waals surface area (Å²) in [6.07, 6.45) is 3.55. The lowest BCUT2D eigenvalue weighted by Gasteiger charge is -2.19. The Bertz CT molecular complexity index is 693. The van der Waals surface area contributed by atoms with Crippen LogP contribution in [0.4, 0.5) is 0 Å². The summed E-state index contributed by atoms with van der Waals surface area (Å²) in [6.45, 7) is 7.42.